The quantitative estimate of drug-likeness (QED) is 0.399. The average Bonchev–Trinajstić information content (AvgIpc) is 2.98. The highest BCUT2D eigenvalue weighted by atomic mass is 16.4. The van der Waals surface area contributed by atoms with Crippen molar-refractivity contribution in [3.63, 3.8) is 0 Å². The first kappa shape index (κ1) is 20.5. The molecule has 2 aliphatic heterocycles. The van der Waals surface area contributed by atoms with Gasteiger partial charge in [0.2, 0.25) is 5.91 Å². The van der Waals surface area contributed by atoms with Crippen LogP contribution in [0.15, 0.2) is 48.5 Å². The minimum Gasteiger partial charge on any atom is -0.479 e. The third-order valence-corrected chi connectivity index (χ3v) is 5.15. The summed E-state index contributed by atoms with van der Waals surface area (Å²) in [6.07, 6.45) is -3.63. The number of primary amides is 1. The smallest absolute Gasteiger partial charge is 0.335 e. The van der Waals surface area contributed by atoms with Crippen LogP contribution in [0.25, 0.3) is 0 Å². The van der Waals surface area contributed by atoms with Crippen LogP contribution in [0.4, 0.5) is 0 Å². The first-order valence-electron chi connectivity index (χ1n) is 8.77. The van der Waals surface area contributed by atoms with Crippen LogP contribution in [-0.2, 0) is 26.3 Å². The Morgan fingerprint density at radius 3 is 2.00 bits per heavy atom. The molecule has 0 saturated heterocycles. The predicted octanol–water partition coefficient (Wildman–Crippen LogP) is -0.507. The maximum Gasteiger partial charge on any atom is 0.335 e. The van der Waals surface area contributed by atoms with Crippen LogP contribution in [0.5, 0.6) is 0 Å². The number of fused-ring (bicyclic) bond motifs is 7. The van der Waals surface area contributed by atoms with E-state index in [0.29, 0.717) is 0 Å². The van der Waals surface area contributed by atoms with E-state index in [4.69, 9.17) is 26.2 Å². The normalized spacial score (nSPS) is 22.9. The molecule has 0 aliphatic carbocycles. The molecule has 9 nitrogen and oxygen atoms in total. The Bertz CT molecular complexity index is 946. The number of amides is 1. The fourth-order valence-corrected chi connectivity index (χ4v) is 3.83. The Kier molecular flexibility index (Phi) is 5.38. The molecule has 2 bridgehead atoms. The van der Waals surface area contributed by atoms with E-state index >= 15 is 0 Å². The summed E-state index contributed by atoms with van der Waals surface area (Å²) >= 11 is 0. The van der Waals surface area contributed by atoms with E-state index in [-0.39, 0.29) is 11.9 Å². The van der Waals surface area contributed by atoms with Crippen molar-refractivity contribution in [2.75, 3.05) is 0 Å². The van der Waals surface area contributed by atoms with Crippen LogP contribution in [0.3, 0.4) is 0 Å². The van der Waals surface area contributed by atoms with Gasteiger partial charge < -0.3 is 26.2 Å². The van der Waals surface area contributed by atoms with Crippen LogP contribution in [0, 0.1) is 0 Å². The van der Waals surface area contributed by atoms with Gasteiger partial charge in [0.1, 0.15) is 5.54 Å². The number of rotatable bonds is 4. The lowest BCUT2D eigenvalue weighted by atomic mass is 9.80. The van der Waals surface area contributed by atoms with Crippen molar-refractivity contribution in [1.82, 2.24) is 5.32 Å². The van der Waals surface area contributed by atoms with Crippen molar-refractivity contribution in [1.29, 1.82) is 0 Å². The molecular formula is C20H20N2O7. The summed E-state index contributed by atoms with van der Waals surface area (Å²) in [6, 6.07) is 16.3. The highest BCUT2D eigenvalue weighted by Gasteiger charge is 2.52. The van der Waals surface area contributed by atoms with Crippen molar-refractivity contribution >= 4 is 17.8 Å². The molecule has 2 aromatic carbocycles. The number of carboxylic acid groups (broad SMARTS) is 2. The monoisotopic (exact) mass is 400 g/mol. The molecule has 152 valence electrons. The molecule has 4 atom stereocenters. The average molecular weight is 400 g/mol. The molecule has 0 saturated carbocycles. The molecule has 7 N–H and O–H groups in total. The first-order chi connectivity index (χ1) is 13.7. The number of nitrogens with two attached hydrogens (primary N) is 1. The van der Waals surface area contributed by atoms with E-state index in [9.17, 15) is 14.4 Å². The number of carboxylic acids is 2. The van der Waals surface area contributed by atoms with E-state index in [1.165, 1.54) is 11.1 Å². The van der Waals surface area contributed by atoms with Crippen molar-refractivity contribution in [2.24, 2.45) is 5.73 Å². The number of hydrogen-bond acceptors (Lipinski definition) is 6. The number of hydrogen-bond donors (Lipinski definition) is 6. The van der Waals surface area contributed by atoms with E-state index < -0.39 is 29.7 Å². The second-order valence-electron chi connectivity index (χ2n) is 6.83. The van der Waals surface area contributed by atoms with Gasteiger partial charge in [-0.2, -0.15) is 0 Å². The van der Waals surface area contributed by atoms with Crippen molar-refractivity contribution in [2.45, 2.75) is 30.2 Å². The van der Waals surface area contributed by atoms with Gasteiger partial charge in [0.05, 0.1) is 0 Å². The minimum atomic E-state index is -2.27. The zero-order valence-electron chi connectivity index (χ0n) is 15.1. The molecule has 2 heterocycles. The number of carbonyl (C=O) groups excluding carboxylic acids is 1. The van der Waals surface area contributed by atoms with Gasteiger partial charge in [0.15, 0.2) is 12.2 Å². The second kappa shape index (κ2) is 7.63. The number of aliphatic hydroxyl groups excluding tert-OH is 2. The Morgan fingerprint density at radius 2 is 1.45 bits per heavy atom. The van der Waals surface area contributed by atoms with Gasteiger partial charge in [-0.05, 0) is 28.7 Å². The highest BCUT2D eigenvalue weighted by molar-refractivity contribution is 5.93. The van der Waals surface area contributed by atoms with Crippen molar-refractivity contribution in [3.8, 4) is 0 Å². The summed E-state index contributed by atoms with van der Waals surface area (Å²) in [5, 5.41) is 36.0. The van der Waals surface area contributed by atoms with Gasteiger partial charge in [0.25, 0.3) is 0 Å². The number of aliphatic hydroxyl groups is 2. The third kappa shape index (κ3) is 3.35. The first-order valence-corrected chi connectivity index (χ1v) is 8.77. The maximum atomic E-state index is 12.2. The summed E-state index contributed by atoms with van der Waals surface area (Å²) in [6.45, 7) is 0. The summed E-state index contributed by atoms with van der Waals surface area (Å²) in [5.41, 5.74) is 9.33. The fraction of sp³-hybridized carbons (Fsp3) is 0.250. The van der Waals surface area contributed by atoms with Crippen LogP contribution in [0.2, 0.25) is 0 Å². The summed E-state index contributed by atoms with van der Waals surface area (Å²) < 4.78 is 0. The zero-order valence-corrected chi connectivity index (χ0v) is 15.1. The molecule has 4 rings (SSSR count). The molecule has 29 heavy (non-hydrogen) atoms. The third-order valence-electron chi connectivity index (χ3n) is 5.15. The Morgan fingerprint density at radius 1 is 0.931 bits per heavy atom. The van der Waals surface area contributed by atoms with Gasteiger partial charge in [-0.25, -0.2) is 9.59 Å². The van der Waals surface area contributed by atoms with E-state index in [1.807, 2.05) is 36.4 Å². The topological polar surface area (TPSA) is 170 Å². The molecule has 0 fully saturated rings. The summed E-state index contributed by atoms with van der Waals surface area (Å²) in [4.78, 5) is 31.8. The van der Waals surface area contributed by atoms with Crippen molar-refractivity contribution in [3.05, 3.63) is 70.8 Å². The lowest BCUT2D eigenvalue weighted by molar-refractivity contribution is -0.165. The highest BCUT2D eigenvalue weighted by Crippen LogP contribution is 2.48. The second-order valence-corrected chi connectivity index (χ2v) is 6.83. The molecule has 2 aromatic rings. The lowest BCUT2D eigenvalue weighted by Gasteiger charge is -2.34. The molecule has 0 spiro atoms. The molecule has 2 aliphatic rings. The Labute approximate surface area is 165 Å². The summed E-state index contributed by atoms with van der Waals surface area (Å²) in [5.74, 6) is -3.86. The molecule has 0 aromatic heterocycles. The number of aliphatic carboxylic acids is 2. The van der Waals surface area contributed by atoms with Crippen LogP contribution in [0.1, 0.15) is 28.3 Å². The van der Waals surface area contributed by atoms with Gasteiger partial charge in [0, 0.05) is 6.04 Å². The SMILES string of the molecule is NC(=O)[C@@]12N[C@@H](Cc3ccccc31)c1ccccc12.O=C(O)[C@@H](O)[C@H](O)C(=O)O. The molecule has 9 heteroatoms. The van der Waals surface area contributed by atoms with Gasteiger partial charge >= 0.3 is 11.9 Å². The van der Waals surface area contributed by atoms with E-state index in [2.05, 4.69) is 17.4 Å². The number of carbonyl (C=O) groups is 3. The standard InChI is InChI=1S/C16H14N2O.C4H6O6/c17-15(19)16-12-7-3-1-5-10(12)9-14(18-16)11-6-2-4-8-13(11)16;5-1(3(7)8)2(6)4(9)10/h1-8,14,18H,9H2,(H2,17,19);1-2,5-6H,(H,7,8)(H,9,10)/t14-,16+;1-,2-/m00/s1. The van der Waals surface area contributed by atoms with Gasteiger partial charge in [-0.3, -0.25) is 10.1 Å². The lowest BCUT2D eigenvalue weighted by Crippen LogP contribution is -2.53. The molecule has 0 radical (unpaired) electrons. The Balaban J connectivity index is 0.000000207. The van der Waals surface area contributed by atoms with Crippen LogP contribution >= 0.6 is 0 Å². The largest absolute Gasteiger partial charge is 0.479 e. The fourth-order valence-electron chi connectivity index (χ4n) is 3.83. The minimum absolute atomic E-state index is 0.179. The Hall–Kier alpha value is -3.27. The van der Waals surface area contributed by atoms with Crippen LogP contribution in [-0.4, -0.2) is 50.5 Å². The molecular weight excluding hydrogens is 380 g/mol. The zero-order chi connectivity index (χ0) is 21.3. The molecule has 0 unspecified atom stereocenters. The van der Waals surface area contributed by atoms with Gasteiger partial charge in [-0.15, -0.1) is 0 Å². The summed E-state index contributed by atoms with van der Waals surface area (Å²) in [7, 11) is 0. The van der Waals surface area contributed by atoms with Gasteiger partial charge in [-0.1, -0.05) is 48.5 Å². The van der Waals surface area contributed by atoms with Crippen molar-refractivity contribution < 1.29 is 34.8 Å². The maximum absolute atomic E-state index is 12.2. The molecule has 1 amide bonds. The van der Waals surface area contributed by atoms with E-state index in [1.54, 1.807) is 0 Å². The predicted molar refractivity (Wildman–Crippen MR) is 99.7 cm³/mol. The van der Waals surface area contributed by atoms with E-state index in [0.717, 1.165) is 17.5 Å². The van der Waals surface area contributed by atoms with Crippen LogP contribution < -0.4 is 11.1 Å². The number of nitrogens with one attached hydrogen (secondary N) is 1. The number of benzene rings is 2.